The predicted molar refractivity (Wildman–Crippen MR) is 121 cm³/mol. The van der Waals surface area contributed by atoms with Crippen molar-refractivity contribution in [1.29, 1.82) is 0 Å². The molecule has 1 N–H and O–H groups in total. The molecule has 0 bridgehead atoms. The molecule has 1 heterocycles. The lowest BCUT2D eigenvalue weighted by Gasteiger charge is -2.38. The molecule has 1 aliphatic heterocycles. The number of hydrogen-bond donors (Lipinski definition) is 1. The molecule has 0 spiro atoms. The maximum absolute atomic E-state index is 13.1. The average Bonchev–Trinajstić information content (AvgIpc) is 2.65. The highest BCUT2D eigenvalue weighted by atomic mass is 16.5. The molecule has 4 nitrogen and oxygen atoms in total. The first kappa shape index (κ1) is 22.2. The Morgan fingerprint density at radius 1 is 1.20 bits per heavy atom. The van der Waals surface area contributed by atoms with Gasteiger partial charge in [0.2, 0.25) is 0 Å². The second kappa shape index (κ2) is 8.33. The van der Waals surface area contributed by atoms with E-state index in [1.54, 1.807) is 0 Å². The van der Waals surface area contributed by atoms with E-state index in [2.05, 4.69) is 65.1 Å². The number of carbonyl (C=O) groups excluding carboxylic acids is 1. The second-order valence-electron chi connectivity index (χ2n) is 9.96. The highest BCUT2D eigenvalue weighted by Gasteiger charge is 2.35. The van der Waals surface area contributed by atoms with Gasteiger partial charge >= 0.3 is 0 Å². The molecule has 3 rings (SSSR count). The van der Waals surface area contributed by atoms with Crippen LogP contribution in [0, 0.1) is 6.92 Å². The number of nitrogens with one attached hydrogen (secondary N) is 1. The minimum atomic E-state index is -0.537. The molecule has 2 atom stereocenters. The van der Waals surface area contributed by atoms with Gasteiger partial charge in [-0.3, -0.25) is 4.79 Å². The van der Waals surface area contributed by atoms with Crippen molar-refractivity contribution >= 4 is 5.91 Å². The quantitative estimate of drug-likeness (QED) is 0.672. The molecule has 30 heavy (non-hydrogen) atoms. The molecule has 0 radical (unpaired) electrons. The Morgan fingerprint density at radius 3 is 2.47 bits per heavy atom. The van der Waals surface area contributed by atoms with Gasteiger partial charge in [0.15, 0.2) is 6.10 Å². The number of carbonyl (C=O) groups is 1. The molecule has 0 saturated carbocycles. The third-order valence-corrected chi connectivity index (χ3v) is 5.60. The Bertz CT molecular complexity index is 893. The smallest absolute Gasteiger partial charge is 0.261 e. The zero-order chi connectivity index (χ0) is 22.1. The summed E-state index contributed by atoms with van der Waals surface area (Å²) in [7, 11) is 0. The van der Waals surface area contributed by atoms with E-state index in [1.165, 1.54) is 5.56 Å². The largest absolute Gasteiger partial charge is 0.487 e. The van der Waals surface area contributed by atoms with Crippen molar-refractivity contribution in [1.82, 2.24) is 5.32 Å². The molecule has 0 saturated heterocycles. The lowest BCUT2D eigenvalue weighted by atomic mass is 9.87. The fourth-order valence-electron chi connectivity index (χ4n) is 3.89. The summed E-state index contributed by atoms with van der Waals surface area (Å²) >= 11 is 0. The fourth-order valence-corrected chi connectivity index (χ4v) is 3.89. The van der Waals surface area contributed by atoms with Gasteiger partial charge in [0.25, 0.3) is 5.91 Å². The molecule has 2 aromatic rings. The number of ether oxygens (including phenoxy) is 2. The molecule has 162 valence electrons. The van der Waals surface area contributed by atoms with Gasteiger partial charge in [-0.15, -0.1) is 0 Å². The summed E-state index contributed by atoms with van der Waals surface area (Å²) in [5.41, 5.74) is 3.17. The second-order valence-corrected chi connectivity index (χ2v) is 9.96. The molecule has 1 amide bonds. The zero-order valence-electron chi connectivity index (χ0n) is 19.3. The summed E-state index contributed by atoms with van der Waals surface area (Å²) in [4.78, 5) is 13.1. The lowest BCUT2D eigenvalue weighted by molar-refractivity contribution is -0.129. The van der Waals surface area contributed by atoms with Gasteiger partial charge < -0.3 is 14.8 Å². The number of rotatable bonds is 5. The van der Waals surface area contributed by atoms with Crippen LogP contribution in [0.5, 0.6) is 11.5 Å². The minimum absolute atomic E-state index is 0.0848. The summed E-state index contributed by atoms with van der Waals surface area (Å²) in [6.45, 7) is 14.7. The molecular formula is C26H35NO3. The summed E-state index contributed by atoms with van der Waals surface area (Å²) < 4.78 is 12.2. The van der Waals surface area contributed by atoms with E-state index < -0.39 is 6.10 Å². The van der Waals surface area contributed by atoms with Crippen molar-refractivity contribution in [3.05, 3.63) is 59.2 Å². The first-order chi connectivity index (χ1) is 14.0. The van der Waals surface area contributed by atoms with Crippen molar-refractivity contribution in [2.45, 2.75) is 84.5 Å². The van der Waals surface area contributed by atoms with Crippen LogP contribution < -0.4 is 14.8 Å². The molecule has 0 fully saturated rings. The summed E-state index contributed by atoms with van der Waals surface area (Å²) in [6.07, 6.45) is 0.774. The Balaban J connectivity index is 1.74. The van der Waals surface area contributed by atoms with Crippen LogP contribution in [0.15, 0.2) is 42.5 Å². The Hall–Kier alpha value is -2.49. The van der Waals surface area contributed by atoms with E-state index >= 15 is 0 Å². The standard InChI is InChI=1S/C26H35NO3/c1-8-22(29-19-12-10-18(11-13-19)25(3,4)5)24(28)27-21-16-26(6,7)30-23-14-9-17(2)15-20(21)23/h9-15,21-22H,8,16H2,1-7H3,(H,27,28). The van der Waals surface area contributed by atoms with Crippen molar-refractivity contribution in [2.24, 2.45) is 0 Å². The fraction of sp³-hybridized carbons (Fsp3) is 0.500. The SMILES string of the molecule is CCC(Oc1ccc(C(C)(C)C)cc1)C(=O)NC1CC(C)(C)Oc2ccc(C)cc21. The van der Waals surface area contributed by atoms with E-state index in [9.17, 15) is 4.79 Å². The van der Waals surface area contributed by atoms with E-state index in [0.29, 0.717) is 18.6 Å². The summed E-state index contributed by atoms with van der Waals surface area (Å²) in [5, 5.41) is 3.22. The average molecular weight is 410 g/mol. The maximum atomic E-state index is 13.1. The van der Waals surface area contributed by atoms with E-state index in [1.807, 2.05) is 31.2 Å². The van der Waals surface area contributed by atoms with Crippen LogP contribution in [-0.2, 0) is 10.2 Å². The van der Waals surface area contributed by atoms with Crippen LogP contribution in [-0.4, -0.2) is 17.6 Å². The number of benzene rings is 2. The van der Waals surface area contributed by atoms with Gasteiger partial charge in [0, 0.05) is 12.0 Å². The number of hydrogen-bond acceptors (Lipinski definition) is 3. The first-order valence-electron chi connectivity index (χ1n) is 10.9. The molecule has 1 aliphatic rings. The maximum Gasteiger partial charge on any atom is 0.261 e. The monoisotopic (exact) mass is 409 g/mol. The number of aryl methyl sites for hydroxylation is 1. The Labute approximate surface area is 181 Å². The van der Waals surface area contributed by atoms with Crippen LogP contribution in [0.3, 0.4) is 0 Å². The zero-order valence-corrected chi connectivity index (χ0v) is 19.3. The molecule has 2 unspecified atom stereocenters. The van der Waals surface area contributed by atoms with Crippen LogP contribution in [0.2, 0.25) is 0 Å². The normalized spacial score (nSPS) is 18.7. The van der Waals surface area contributed by atoms with Crippen molar-refractivity contribution in [3.63, 3.8) is 0 Å². The van der Waals surface area contributed by atoms with E-state index in [-0.39, 0.29) is 23.0 Å². The minimum Gasteiger partial charge on any atom is -0.487 e. The van der Waals surface area contributed by atoms with Gasteiger partial charge in [-0.05, 0) is 56.4 Å². The van der Waals surface area contributed by atoms with Crippen LogP contribution in [0.1, 0.15) is 77.1 Å². The molecular weight excluding hydrogens is 374 g/mol. The Kier molecular flexibility index (Phi) is 6.16. The molecule has 4 heteroatoms. The molecule has 0 aromatic heterocycles. The number of fused-ring (bicyclic) bond motifs is 1. The third kappa shape index (κ3) is 5.16. The molecule has 0 aliphatic carbocycles. The van der Waals surface area contributed by atoms with E-state index in [0.717, 1.165) is 16.9 Å². The summed E-state index contributed by atoms with van der Waals surface area (Å²) in [6, 6.07) is 14.1. The van der Waals surface area contributed by atoms with Gasteiger partial charge in [0.05, 0.1) is 6.04 Å². The molecule has 2 aromatic carbocycles. The Morgan fingerprint density at radius 2 is 1.87 bits per heavy atom. The van der Waals surface area contributed by atoms with Gasteiger partial charge in [-0.1, -0.05) is 57.5 Å². The topological polar surface area (TPSA) is 47.6 Å². The van der Waals surface area contributed by atoms with E-state index in [4.69, 9.17) is 9.47 Å². The number of amides is 1. The third-order valence-electron chi connectivity index (χ3n) is 5.60. The van der Waals surface area contributed by atoms with Crippen LogP contribution in [0.25, 0.3) is 0 Å². The van der Waals surface area contributed by atoms with Crippen molar-refractivity contribution in [3.8, 4) is 11.5 Å². The van der Waals surface area contributed by atoms with Gasteiger partial charge in [-0.2, -0.15) is 0 Å². The van der Waals surface area contributed by atoms with Gasteiger partial charge in [-0.25, -0.2) is 0 Å². The van der Waals surface area contributed by atoms with Crippen molar-refractivity contribution < 1.29 is 14.3 Å². The van der Waals surface area contributed by atoms with Crippen LogP contribution in [0.4, 0.5) is 0 Å². The highest BCUT2D eigenvalue weighted by molar-refractivity contribution is 5.81. The van der Waals surface area contributed by atoms with Crippen LogP contribution >= 0.6 is 0 Å². The highest BCUT2D eigenvalue weighted by Crippen LogP contribution is 2.40. The summed E-state index contributed by atoms with van der Waals surface area (Å²) in [5.74, 6) is 1.47. The predicted octanol–water partition coefficient (Wildman–Crippen LogP) is 5.87. The first-order valence-corrected chi connectivity index (χ1v) is 10.9. The lowest BCUT2D eigenvalue weighted by Crippen LogP contribution is -2.45. The van der Waals surface area contributed by atoms with Crippen molar-refractivity contribution in [2.75, 3.05) is 0 Å². The van der Waals surface area contributed by atoms with Gasteiger partial charge in [0.1, 0.15) is 17.1 Å².